The molecule has 9 nitrogen and oxygen atoms in total. The number of carbonyl (C=O) groups is 4. The van der Waals surface area contributed by atoms with E-state index in [1.54, 1.807) is 55.4 Å². The van der Waals surface area contributed by atoms with Crippen LogP contribution in [0.25, 0.3) is 0 Å². The number of benzene rings is 2. The summed E-state index contributed by atoms with van der Waals surface area (Å²) in [6, 6.07) is 11.3. The molecule has 0 bridgehead atoms. The number of nitrogens with zero attached hydrogens (tertiary/aromatic N) is 1. The molecule has 0 heterocycles. The number of carbonyl (C=O) groups excluding carboxylic acids is 4. The molecular formula is C34H49N3O6S. The van der Waals surface area contributed by atoms with Crippen molar-refractivity contribution < 1.29 is 28.7 Å². The van der Waals surface area contributed by atoms with Crippen molar-refractivity contribution in [3.8, 4) is 0 Å². The molecule has 3 unspecified atom stereocenters. The van der Waals surface area contributed by atoms with Crippen LogP contribution in [0.15, 0.2) is 48.5 Å². The summed E-state index contributed by atoms with van der Waals surface area (Å²) in [5, 5.41) is 5.52. The van der Waals surface area contributed by atoms with E-state index in [2.05, 4.69) is 23.3 Å². The second kappa shape index (κ2) is 15.5. The van der Waals surface area contributed by atoms with E-state index in [0.29, 0.717) is 5.56 Å². The van der Waals surface area contributed by atoms with Gasteiger partial charge in [-0.1, -0.05) is 59.7 Å². The second-order valence-electron chi connectivity index (χ2n) is 13.3. The molecule has 2 N–H and O–H groups in total. The van der Waals surface area contributed by atoms with Crippen LogP contribution in [0.4, 0.5) is 4.79 Å². The maximum absolute atomic E-state index is 14.4. The van der Waals surface area contributed by atoms with Crippen molar-refractivity contribution in [1.29, 1.82) is 0 Å². The molecule has 2 aromatic carbocycles. The Morgan fingerprint density at radius 1 is 0.818 bits per heavy atom. The van der Waals surface area contributed by atoms with Gasteiger partial charge in [-0.15, -0.1) is 0 Å². The van der Waals surface area contributed by atoms with Crippen LogP contribution in [-0.2, 0) is 30.3 Å². The fourth-order valence-corrected chi connectivity index (χ4v) is 5.02. The van der Waals surface area contributed by atoms with Crippen LogP contribution < -0.4 is 10.6 Å². The first-order valence-corrected chi connectivity index (χ1v) is 15.5. The van der Waals surface area contributed by atoms with Crippen molar-refractivity contribution in [1.82, 2.24) is 15.5 Å². The molecule has 0 radical (unpaired) electrons. The van der Waals surface area contributed by atoms with Gasteiger partial charge in [-0.2, -0.15) is 12.6 Å². The first-order chi connectivity index (χ1) is 20.3. The predicted octanol–water partition coefficient (Wildman–Crippen LogP) is 5.47. The smallest absolute Gasteiger partial charge is 0.408 e. The van der Waals surface area contributed by atoms with E-state index < -0.39 is 59.2 Å². The number of alkyl carbamates (subject to hydrolysis) is 1. The van der Waals surface area contributed by atoms with E-state index >= 15 is 0 Å². The molecule has 0 fully saturated rings. The number of rotatable bonds is 11. The largest absolute Gasteiger partial charge is 0.458 e. The number of amides is 3. The Morgan fingerprint density at radius 3 is 1.84 bits per heavy atom. The molecule has 0 aliphatic rings. The normalized spacial score (nSPS) is 13.8. The topological polar surface area (TPSA) is 114 Å². The molecule has 242 valence electrons. The maximum Gasteiger partial charge on any atom is 0.408 e. The van der Waals surface area contributed by atoms with Crippen LogP contribution in [0.2, 0.25) is 0 Å². The third-order valence-corrected chi connectivity index (χ3v) is 6.72. The standard InChI is InChI=1S/C34H49N3O6S/c1-21(2)37(30(39)27(20-44)36-32(41)43-34(8,9)10)28(25-17-22(3)16-23(4)18-25)29(38)35-26(31(40)42-33(5,6)7)19-24-14-12-11-13-15-24/h11-18,21,26-28,44H,19-20H2,1-10H3,(H,35,38)(H,36,41). The van der Waals surface area contributed by atoms with Gasteiger partial charge in [-0.05, 0) is 80.4 Å². The lowest BCUT2D eigenvalue weighted by atomic mass is 9.96. The number of hydrogen-bond donors (Lipinski definition) is 3. The summed E-state index contributed by atoms with van der Waals surface area (Å²) in [6.07, 6.45) is -0.579. The van der Waals surface area contributed by atoms with E-state index in [4.69, 9.17) is 9.47 Å². The first kappa shape index (κ1) is 36.7. The van der Waals surface area contributed by atoms with Gasteiger partial charge in [0.25, 0.3) is 0 Å². The van der Waals surface area contributed by atoms with E-state index in [1.807, 2.05) is 62.4 Å². The van der Waals surface area contributed by atoms with Gasteiger partial charge in [0.1, 0.15) is 29.3 Å². The Morgan fingerprint density at radius 2 is 1.36 bits per heavy atom. The Kier molecular flexibility index (Phi) is 12.9. The first-order valence-electron chi connectivity index (χ1n) is 14.9. The second-order valence-corrected chi connectivity index (χ2v) is 13.7. The SMILES string of the molecule is Cc1cc(C)cc(C(C(=O)NC(Cc2ccccc2)C(=O)OC(C)(C)C)N(C(=O)C(CS)NC(=O)OC(C)(C)C)C(C)C)c1. The number of thiol groups is 1. The molecule has 0 saturated heterocycles. The highest BCUT2D eigenvalue weighted by Gasteiger charge is 2.39. The molecule has 0 aliphatic carbocycles. The van der Waals surface area contributed by atoms with E-state index in [1.165, 1.54) is 4.90 Å². The summed E-state index contributed by atoms with van der Waals surface area (Å²) in [6.45, 7) is 17.9. The van der Waals surface area contributed by atoms with Crippen molar-refractivity contribution in [2.75, 3.05) is 5.75 Å². The molecule has 2 rings (SSSR count). The summed E-state index contributed by atoms with van der Waals surface area (Å²) in [4.78, 5) is 56.0. The molecule has 10 heteroatoms. The van der Waals surface area contributed by atoms with Gasteiger partial charge in [0, 0.05) is 18.2 Å². The van der Waals surface area contributed by atoms with Crippen LogP contribution in [0.1, 0.15) is 83.7 Å². The Hall–Kier alpha value is -3.53. The summed E-state index contributed by atoms with van der Waals surface area (Å²) in [5.74, 6) is -1.69. The van der Waals surface area contributed by atoms with Gasteiger partial charge in [0.05, 0.1) is 0 Å². The number of ether oxygens (including phenoxy) is 2. The summed E-state index contributed by atoms with van der Waals surface area (Å²) < 4.78 is 11.1. The zero-order chi connectivity index (χ0) is 33.4. The Bertz CT molecular complexity index is 1280. The van der Waals surface area contributed by atoms with Gasteiger partial charge in [-0.25, -0.2) is 9.59 Å². The average Bonchev–Trinajstić information content (AvgIpc) is 2.87. The minimum absolute atomic E-state index is 0.0307. The summed E-state index contributed by atoms with van der Waals surface area (Å²) in [5.41, 5.74) is 1.65. The van der Waals surface area contributed by atoms with Crippen LogP contribution in [-0.4, -0.2) is 63.9 Å². The van der Waals surface area contributed by atoms with Crippen LogP contribution in [0, 0.1) is 13.8 Å². The quantitative estimate of drug-likeness (QED) is 0.225. The van der Waals surface area contributed by atoms with Crippen LogP contribution in [0.3, 0.4) is 0 Å². The number of hydrogen-bond acceptors (Lipinski definition) is 7. The molecule has 0 aliphatic heterocycles. The highest BCUT2D eigenvalue weighted by molar-refractivity contribution is 7.80. The molecule has 0 saturated carbocycles. The van der Waals surface area contributed by atoms with Gasteiger partial charge in [0.2, 0.25) is 11.8 Å². The fraction of sp³-hybridized carbons (Fsp3) is 0.529. The van der Waals surface area contributed by atoms with Gasteiger partial charge in [0.15, 0.2) is 0 Å². The minimum Gasteiger partial charge on any atom is -0.458 e. The fourth-order valence-electron chi connectivity index (χ4n) is 4.77. The van der Waals surface area contributed by atoms with Gasteiger partial charge in [-0.3, -0.25) is 9.59 Å². The van der Waals surface area contributed by atoms with Gasteiger partial charge < -0.3 is 25.0 Å². The van der Waals surface area contributed by atoms with Crippen LogP contribution >= 0.6 is 12.6 Å². The molecule has 2 aromatic rings. The van der Waals surface area contributed by atoms with Crippen molar-refractivity contribution in [3.63, 3.8) is 0 Å². The van der Waals surface area contributed by atoms with Crippen LogP contribution in [0.5, 0.6) is 0 Å². The van der Waals surface area contributed by atoms with E-state index in [0.717, 1.165) is 16.7 Å². The molecule has 3 atom stereocenters. The summed E-state index contributed by atoms with van der Waals surface area (Å²) in [7, 11) is 0. The molecular weight excluding hydrogens is 578 g/mol. The number of aryl methyl sites for hydroxylation is 2. The Labute approximate surface area is 267 Å². The third kappa shape index (κ3) is 11.5. The lowest BCUT2D eigenvalue weighted by molar-refractivity contribution is -0.159. The summed E-state index contributed by atoms with van der Waals surface area (Å²) >= 11 is 4.34. The average molecular weight is 628 g/mol. The monoisotopic (exact) mass is 627 g/mol. The van der Waals surface area contributed by atoms with E-state index in [9.17, 15) is 19.2 Å². The van der Waals surface area contributed by atoms with Crippen molar-refractivity contribution >= 4 is 36.5 Å². The third-order valence-electron chi connectivity index (χ3n) is 6.36. The minimum atomic E-state index is -1.13. The zero-order valence-corrected chi connectivity index (χ0v) is 28.6. The highest BCUT2D eigenvalue weighted by atomic mass is 32.1. The van der Waals surface area contributed by atoms with E-state index in [-0.39, 0.29) is 12.2 Å². The maximum atomic E-state index is 14.4. The number of esters is 1. The highest BCUT2D eigenvalue weighted by Crippen LogP contribution is 2.28. The lowest BCUT2D eigenvalue weighted by Gasteiger charge is -2.37. The van der Waals surface area contributed by atoms with Gasteiger partial charge >= 0.3 is 12.1 Å². The molecule has 3 amide bonds. The zero-order valence-electron chi connectivity index (χ0n) is 27.7. The molecule has 44 heavy (non-hydrogen) atoms. The van der Waals surface area contributed by atoms with Crippen molar-refractivity contribution in [2.45, 2.75) is 111 Å². The lowest BCUT2D eigenvalue weighted by Crippen LogP contribution is -2.57. The number of nitrogens with one attached hydrogen (secondary N) is 2. The Balaban J connectivity index is 2.59. The van der Waals surface area contributed by atoms with Crippen molar-refractivity contribution in [2.24, 2.45) is 0 Å². The van der Waals surface area contributed by atoms with Crippen molar-refractivity contribution in [3.05, 3.63) is 70.8 Å². The molecule has 0 aromatic heterocycles. The molecule has 0 spiro atoms. The predicted molar refractivity (Wildman–Crippen MR) is 176 cm³/mol.